The lowest BCUT2D eigenvalue weighted by molar-refractivity contribution is -0.130. The standard InChI is InChI=1S/C19H14N4OS3/c20-11-13-5-6-21-18(9-13)27-12-19(24)23-15(17-4-2-8-26-17)10-14(22-23)16-3-1-7-25-16/h1-9,15H,10,12H2. The highest BCUT2D eigenvalue weighted by Crippen LogP contribution is 2.36. The number of hydrazone groups is 1. The summed E-state index contributed by atoms with van der Waals surface area (Å²) >= 11 is 4.60. The highest BCUT2D eigenvalue weighted by molar-refractivity contribution is 7.99. The van der Waals surface area contributed by atoms with E-state index in [-0.39, 0.29) is 17.7 Å². The average Bonchev–Trinajstić information content (AvgIpc) is 3.46. The summed E-state index contributed by atoms with van der Waals surface area (Å²) < 4.78 is 0. The minimum absolute atomic E-state index is 0.0610. The van der Waals surface area contributed by atoms with E-state index in [1.807, 2.05) is 35.0 Å². The van der Waals surface area contributed by atoms with Gasteiger partial charge in [-0.2, -0.15) is 10.4 Å². The van der Waals surface area contributed by atoms with Crippen LogP contribution in [0, 0.1) is 11.3 Å². The molecule has 0 aromatic carbocycles. The van der Waals surface area contributed by atoms with Crippen LogP contribution in [0.1, 0.15) is 27.8 Å². The maximum atomic E-state index is 12.9. The van der Waals surface area contributed by atoms with Gasteiger partial charge in [-0.3, -0.25) is 4.79 Å². The summed E-state index contributed by atoms with van der Waals surface area (Å²) in [4.78, 5) is 19.4. The van der Waals surface area contributed by atoms with Crippen LogP contribution < -0.4 is 0 Å². The number of thioether (sulfide) groups is 1. The minimum atomic E-state index is -0.0615. The van der Waals surface area contributed by atoms with E-state index in [0.29, 0.717) is 10.6 Å². The molecule has 0 bridgehead atoms. The van der Waals surface area contributed by atoms with Crippen LogP contribution in [0.2, 0.25) is 0 Å². The number of nitriles is 1. The Morgan fingerprint density at radius 1 is 1.30 bits per heavy atom. The van der Waals surface area contributed by atoms with Gasteiger partial charge in [-0.05, 0) is 35.0 Å². The number of hydrogen-bond acceptors (Lipinski definition) is 7. The molecule has 0 fully saturated rings. The molecule has 4 heterocycles. The number of carbonyl (C=O) groups excluding carboxylic acids is 1. The summed E-state index contributed by atoms with van der Waals surface area (Å²) in [7, 11) is 0. The van der Waals surface area contributed by atoms with E-state index in [2.05, 4.69) is 16.2 Å². The van der Waals surface area contributed by atoms with Gasteiger partial charge in [0.05, 0.1) is 39.0 Å². The van der Waals surface area contributed by atoms with E-state index < -0.39 is 0 Å². The van der Waals surface area contributed by atoms with Crippen LogP contribution >= 0.6 is 34.4 Å². The van der Waals surface area contributed by atoms with Crippen molar-refractivity contribution >= 4 is 46.1 Å². The highest BCUT2D eigenvalue weighted by Gasteiger charge is 2.33. The molecule has 4 rings (SSSR count). The van der Waals surface area contributed by atoms with E-state index in [0.717, 1.165) is 21.9 Å². The Kier molecular flexibility index (Phi) is 5.34. The Hall–Kier alpha value is -2.47. The van der Waals surface area contributed by atoms with Crippen molar-refractivity contribution < 1.29 is 4.79 Å². The fraction of sp³-hybridized carbons (Fsp3) is 0.158. The van der Waals surface area contributed by atoms with Crippen LogP contribution in [0.3, 0.4) is 0 Å². The van der Waals surface area contributed by atoms with Gasteiger partial charge in [-0.1, -0.05) is 23.9 Å². The maximum Gasteiger partial charge on any atom is 0.253 e. The van der Waals surface area contributed by atoms with Gasteiger partial charge in [0.25, 0.3) is 5.91 Å². The summed E-state index contributed by atoms with van der Waals surface area (Å²) in [5, 5.41) is 20.0. The molecule has 134 valence electrons. The largest absolute Gasteiger partial charge is 0.272 e. The van der Waals surface area contributed by atoms with Crippen molar-refractivity contribution in [3.8, 4) is 6.07 Å². The van der Waals surface area contributed by atoms with Crippen molar-refractivity contribution in [2.24, 2.45) is 5.10 Å². The first-order valence-corrected chi connectivity index (χ1v) is 10.9. The minimum Gasteiger partial charge on any atom is -0.272 e. The van der Waals surface area contributed by atoms with Gasteiger partial charge < -0.3 is 0 Å². The molecule has 5 nitrogen and oxygen atoms in total. The lowest BCUT2D eigenvalue weighted by Crippen LogP contribution is -2.28. The Morgan fingerprint density at radius 3 is 2.89 bits per heavy atom. The molecule has 27 heavy (non-hydrogen) atoms. The lowest BCUT2D eigenvalue weighted by atomic mass is 10.1. The molecule has 1 unspecified atom stereocenters. The van der Waals surface area contributed by atoms with Crippen LogP contribution in [-0.4, -0.2) is 27.4 Å². The summed E-state index contributed by atoms with van der Waals surface area (Å²) in [6, 6.07) is 13.5. The first kappa shape index (κ1) is 17.9. The fourth-order valence-corrected chi connectivity index (χ4v) is 5.08. The van der Waals surface area contributed by atoms with Crippen LogP contribution in [0.4, 0.5) is 0 Å². The van der Waals surface area contributed by atoms with Gasteiger partial charge >= 0.3 is 0 Å². The average molecular weight is 411 g/mol. The molecule has 8 heteroatoms. The monoisotopic (exact) mass is 410 g/mol. The molecular formula is C19H14N4OS3. The molecule has 0 saturated heterocycles. The number of amides is 1. The van der Waals surface area contributed by atoms with Crippen LogP contribution in [-0.2, 0) is 4.79 Å². The summed E-state index contributed by atoms with van der Waals surface area (Å²) in [6.07, 6.45) is 2.31. The zero-order chi connectivity index (χ0) is 18.6. The topological polar surface area (TPSA) is 69.3 Å². The molecular weight excluding hydrogens is 396 g/mol. The third-order valence-electron chi connectivity index (χ3n) is 4.05. The first-order valence-electron chi connectivity index (χ1n) is 8.20. The fourth-order valence-electron chi connectivity index (χ4n) is 2.79. The van der Waals surface area contributed by atoms with Gasteiger partial charge in [-0.15, -0.1) is 22.7 Å². The molecule has 0 spiro atoms. The van der Waals surface area contributed by atoms with Gasteiger partial charge in [0.1, 0.15) is 0 Å². The maximum absolute atomic E-state index is 12.9. The first-order chi connectivity index (χ1) is 13.2. The van der Waals surface area contributed by atoms with E-state index in [4.69, 9.17) is 5.26 Å². The smallest absolute Gasteiger partial charge is 0.253 e. The van der Waals surface area contributed by atoms with Crippen molar-refractivity contribution in [2.45, 2.75) is 17.5 Å². The second-order valence-electron chi connectivity index (χ2n) is 5.78. The SMILES string of the molecule is N#Cc1ccnc(SCC(=O)N2N=C(c3cccs3)CC2c2cccs2)c1. The van der Waals surface area contributed by atoms with Gasteiger partial charge in [0, 0.05) is 17.5 Å². The number of thiophene rings is 2. The second kappa shape index (κ2) is 8.05. The van der Waals surface area contributed by atoms with E-state index >= 15 is 0 Å². The number of hydrogen-bond donors (Lipinski definition) is 0. The molecule has 0 saturated carbocycles. The normalized spacial score (nSPS) is 16.2. The molecule has 3 aromatic rings. The number of pyridine rings is 1. The number of rotatable bonds is 5. The summed E-state index contributed by atoms with van der Waals surface area (Å²) in [5.74, 6) is 0.166. The molecule has 1 aliphatic heterocycles. The Balaban J connectivity index is 1.52. The van der Waals surface area contributed by atoms with Crippen molar-refractivity contribution in [3.63, 3.8) is 0 Å². The van der Waals surface area contributed by atoms with E-state index in [1.54, 1.807) is 46.0 Å². The van der Waals surface area contributed by atoms with Crippen LogP contribution in [0.25, 0.3) is 0 Å². The van der Waals surface area contributed by atoms with Crippen molar-refractivity contribution in [2.75, 3.05) is 5.75 Å². The molecule has 0 radical (unpaired) electrons. The molecule has 1 amide bonds. The second-order valence-corrected chi connectivity index (χ2v) is 8.70. The van der Waals surface area contributed by atoms with Crippen LogP contribution in [0.15, 0.2) is 63.5 Å². The lowest BCUT2D eigenvalue weighted by Gasteiger charge is -2.20. The van der Waals surface area contributed by atoms with Gasteiger partial charge in [0.2, 0.25) is 0 Å². The zero-order valence-electron chi connectivity index (χ0n) is 14.1. The Bertz CT molecular complexity index is 1010. The van der Waals surface area contributed by atoms with E-state index in [9.17, 15) is 4.79 Å². The Morgan fingerprint density at radius 2 is 2.15 bits per heavy atom. The zero-order valence-corrected chi connectivity index (χ0v) is 16.6. The summed E-state index contributed by atoms with van der Waals surface area (Å²) in [6.45, 7) is 0. The van der Waals surface area contributed by atoms with Crippen molar-refractivity contribution in [1.82, 2.24) is 9.99 Å². The van der Waals surface area contributed by atoms with Gasteiger partial charge in [-0.25, -0.2) is 9.99 Å². The van der Waals surface area contributed by atoms with E-state index in [1.165, 1.54) is 11.8 Å². The predicted molar refractivity (Wildman–Crippen MR) is 109 cm³/mol. The third-order valence-corrected chi connectivity index (χ3v) is 6.85. The number of aromatic nitrogens is 1. The van der Waals surface area contributed by atoms with Crippen molar-refractivity contribution in [3.05, 3.63) is 68.7 Å². The van der Waals surface area contributed by atoms with Crippen LogP contribution in [0.5, 0.6) is 0 Å². The predicted octanol–water partition coefficient (Wildman–Crippen LogP) is 4.55. The Labute approximate surface area is 169 Å². The molecule has 0 aliphatic carbocycles. The van der Waals surface area contributed by atoms with Crippen molar-refractivity contribution in [1.29, 1.82) is 5.26 Å². The molecule has 0 N–H and O–H groups in total. The summed E-state index contributed by atoms with van der Waals surface area (Å²) in [5.41, 5.74) is 1.49. The third kappa shape index (κ3) is 3.95. The molecule has 1 aliphatic rings. The molecule has 3 aromatic heterocycles. The quantitative estimate of drug-likeness (QED) is 0.579. The number of carbonyl (C=O) groups is 1. The molecule has 1 atom stereocenters. The number of nitrogens with zero attached hydrogens (tertiary/aromatic N) is 4. The highest BCUT2D eigenvalue weighted by atomic mass is 32.2. The van der Waals surface area contributed by atoms with Gasteiger partial charge in [0.15, 0.2) is 0 Å².